The molecule has 5 nitrogen and oxygen atoms in total. The van der Waals surface area contributed by atoms with E-state index in [1.165, 1.54) is 47.1 Å². The normalized spacial score (nSPS) is 15.6. The maximum absolute atomic E-state index is 12.0. The molecule has 0 fully saturated rings. The van der Waals surface area contributed by atoms with Crippen LogP contribution < -0.4 is 0 Å². The molecule has 0 bridgehead atoms. The molecule has 1 N–H and O–H groups in total. The highest BCUT2D eigenvalue weighted by atomic mass is 16.5. The van der Waals surface area contributed by atoms with Crippen molar-refractivity contribution in [3.8, 4) is 11.1 Å². The Bertz CT molecular complexity index is 1170. The number of hydrogen-bond acceptors (Lipinski definition) is 5. The summed E-state index contributed by atoms with van der Waals surface area (Å²) in [4.78, 5) is 23.9. The largest absolute Gasteiger partial charge is 0.462 e. The van der Waals surface area contributed by atoms with E-state index in [2.05, 4.69) is 74.7 Å². The van der Waals surface area contributed by atoms with Gasteiger partial charge in [0, 0.05) is 11.5 Å². The molecule has 0 saturated heterocycles. The Balaban J connectivity index is 1.57. The zero-order valence-electron chi connectivity index (χ0n) is 24.1. The van der Waals surface area contributed by atoms with Gasteiger partial charge in [-0.15, -0.1) is 0 Å². The van der Waals surface area contributed by atoms with E-state index in [0.717, 1.165) is 32.1 Å². The summed E-state index contributed by atoms with van der Waals surface area (Å²) in [6.07, 6.45) is 10.9. The summed E-state index contributed by atoms with van der Waals surface area (Å²) in [7, 11) is 0. The predicted octanol–water partition coefficient (Wildman–Crippen LogP) is 7.49. The summed E-state index contributed by atoms with van der Waals surface area (Å²) in [5.41, 5.74) is 6.81. The second kappa shape index (κ2) is 16.0. The quantitative estimate of drug-likeness (QED) is 0.143. The molecule has 2 aromatic rings. The zero-order valence-corrected chi connectivity index (χ0v) is 24.1. The Morgan fingerprint density at radius 2 is 1.52 bits per heavy atom. The molecule has 0 aliphatic heterocycles. The van der Waals surface area contributed by atoms with Crippen molar-refractivity contribution in [2.24, 2.45) is 11.8 Å². The number of aliphatic hydroxyl groups is 1. The van der Waals surface area contributed by atoms with Crippen LogP contribution in [0.2, 0.25) is 0 Å². The fourth-order valence-corrected chi connectivity index (χ4v) is 5.02. The van der Waals surface area contributed by atoms with E-state index in [4.69, 9.17) is 14.6 Å². The maximum Gasteiger partial charge on any atom is 0.335 e. The first-order valence-corrected chi connectivity index (χ1v) is 14.5. The highest BCUT2D eigenvalue weighted by Gasteiger charge is 2.23. The lowest BCUT2D eigenvalue weighted by Crippen LogP contribution is -2.25. The van der Waals surface area contributed by atoms with Gasteiger partial charge in [0.15, 0.2) is 0 Å². The standard InChI is InChI=1S/C35H44O5/c1-5-6-7-8-27-9-13-30(14-10-27)32-17-19-33(20-18-32)31-15-11-28(12-16-31)21-29(23-39-34(37)25(2)3)24-40-35(38)26(4)22-36/h9-10,13-15,17-20,28-29,36H,2,4-8,11-12,16,21-24H2,1,3H3. The monoisotopic (exact) mass is 544 g/mol. The van der Waals surface area contributed by atoms with Gasteiger partial charge in [0.25, 0.3) is 0 Å². The molecule has 0 radical (unpaired) electrons. The van der Waals surface area contributed by atoms with E-state index in [1.54, 1.807) is 6.92 Å². The Morgan fingerprint density at radius 1 is 0.925 bits per heavy atom. The van der Waals surface area contributed by atoms with Gasteiger partial charge in [-0.25, -0.2) is 9.59 Å². The van der Waals surface area contributed by atoms with Gasteiger partial charge in [-0.2, -0.15) is 0 Å². The van der Waals surface area contributed by atoms with Crippen molar-refractivity contribution in [2.75, 3.05) is 19.8 Å². The molecule has 1 aliphatic carbocycles. The van der Waals surface area contributed by atoms with E-state index in [-0.39, 0.29) is 24.7 Å². The molecule has 3 rings (SSSR count). The highest BCUT2D eigenvalue weighted by Crippen LogP contribution is 2.34. The minimum Gasteiger partial charge on any atom is -0.462 e. The number of rotatable bonds is 15. The fraction of sp³-hybridized carbons (Fsp3) is 0.429. The first-order chi connectivity index (χ1) is 19.3. The second-order valence-electron chi connectivity index (χ2n) is 10.9. The molecular weight excluding hydrogens is 500 g/mol. The number of aliphatic hydroxyl groups excluding tert-OH is 1. The van der Waals surface area contributed by atoms with Crippen LogP contribution in [0.3, 0.4) is 0 Å². The maximum atomic E-state index is 12.0. The molecule has 0 heterocycles. The lowest BCUT2D eigenvalue weighted by Gasteiger charge is -2.26. The van der Waals surface area contributed by atoms with Crippen LogP contribution in [0.25, 0.3) is 16.7 Å². The predicted molar refractivity (Wildman–Crippen MR) is 161 cm³/mol. The van der Waals surface area contributed by atoms with Crippen molar-refractivity contribution in [1.82, 2.24) is 0 Å². The molecule has 40 heavy (non-hydrogen) atoms. The molecule has 2 atom stereocenters. The first kappa shape index (κ1) is 31.1. The third-order valence-electron chi connectivity index (χ3n) is 7.53. The van der Waals surface area contributed by atoms with Gasteiger partial charge < -0.3 is 14.6 Å². The van der Waals surface area contributed by atoms with Crippen LogP contribution in [0.15, 0.2) is 78.9 Å². The number of benzene rings is 2. The molecule has 1 aliphatic rings. The van der Waals surface area contributed by atoms with Gasteiger partial charge in [0.1, 0.15) is 0 Å². The summed E-state index contributed by atoms with van der Waals surface area (Å²) in [6, 6.07) is 17.8. The highest BCUT2D eigenvalue weighted by molar-refractivity contribution is 5.88. The fourth-order valence-electron chi connectivity index (χ4n) is 5.02. The van der Waals surface area contributed by atoms with Crippen LogP contribution in [-0.4, -0.2) is 36.9 Å². The molecule has 0 amide bonds. The van der Waals surface area contributed by atoms with Gasteiger partial charge in [-0.3, -0.25) is 0 Å². The van der Waals surface area contributed by atoms with E-state index < -0.39 is 18.5 Å². The van der Waals surface area contributed by atoms with Gasteiger partial charge in [0.2, 0.25) is 0 Å². The van der Waals surface area contributed by atoms with Crippen LogP contribution in [0.1, 0.15) is 69.9 Å². The molecule has 0 spiro atoms. The minimum atomic E-state index is -0.629. The number of ether oxygens (including phenoxy) is 2. The summed E-state index contributed by atoms with van der Waals surface area (Å²) in [6.45, 7) is 10.8. The Hall–Kier alpha value is -3.44. The van der Waals surface area contributed by atoms with Crippen molar-refractivity contribution in [3.05, 3.63) is 90.0 Å². The molecule has 2 aromatic carbocycles. The minimum absolute atomic E-state index is 0.00774. The van der Waals surface area contributed by atoms with Gasteiger partial charge in [0.05, 0.1) is 25.4 Å². The molecule has 2 unspecified atom stereocenters. The van der Waals surface area contributed by atoms with Crippen molar-refractivity contribution in [2.45, 2.75) is 65.2 Å². The number of aryl methyl sites for hydroxylation is 1. The van der Waals surface area contributed by atoms with Gasteiger partial charge in [-0.1, -0.05) is 87.5 Å². The van der Waals surface area contributed by atoms with Crippen LogP contribution in [0.4, 0.5) is 0 Å². The van der Waals surface area contributed by atoms with Crippen LogP contribution in [0.5, 0.6) is 0 Å². The smallest absolute Gasteiger partial charge is 0.335 e. The molecule has 0 aromatic heterocycles. The van der Waals surface area contributed by atoms with E-state index >= 15 is 0 Å². The number of hydrogen-bond donors (Lipinski definition) is 1. The van der Waals surface area contributed by atoms with E-state index in [9.17, 15) is 9.59 Å². The van der Waals surface area contributed by atoms with Crippen LogP contribution >= 0.6 is 0 Å². The van der Waals surface area contributed by atoms with Crippen molar-refractivity contribution in [1.29, 1.82) is 0 Å². The third-order valence-corrected chi connectivity index (χ3v) is 7.53. The molecule has 5 heteroatoms. The summed E-state index contributed by atoms with van der Waals surface area (Å²) in [5.74, 6) is -0.827. The Labute approximate surface area is 239 Å². The summed E-state index contributed by atoms with van der Waals surface area (Å²) in [5, 5.41) is 9.12. The number of esters is 2. The Kier molecular flexibility index (Phi) is 12.4. The lowest BCUT2D eigenvalue weighted by molar-refractivity contribution is -0.144. The SMILES string of the molecule is C=C(C)C(=O)OCC(COC(=O)C(=C)CO)CC1CC=C(c2ccc(-c3ccc(CCCCC)cc3)cc2)CC1. The van der Waals surface area contributed by atoms with Crippen LogP contribution in [0, 0.1) is 11.8 Å². The number of allylic oxidation sites excluding steroid dienone is 2. The number of carbonyl (C=O) groups excluding carboxylic acids is 2. The van der Waals surface area contributed by atoms with Crippen molar-refractivity contribution >= 4 is 17.5 Å². The van der Waals surface area contributed by atoms with Gasteiger partial charge in [-0.05, 0) is 79.2 Å². The Morgan fingerprint density at radius 3 is 2.08 bits per heavy atom. The van der Waals surface area contributed by atoms with Gasteiger partial charge >= 0.3 is 11.9 Å². The average Bonchev–Trinajstić information content (AvgIpc) is 2.98. The summed E-state index contributed by atoms with van der Waals surface area (Å²) >= 11 is 0. The average molecular weight is 545 g/mol. The number of carbonyl (C=O) groups is 2. The van der Waals surface area contributed by atoms with Crippen molar-refractivity contribution in [3.63, 3.8) is 0 Å². The van der Waals surface area contributed by atoms with E-state index in [1.807, 2.05) is 0 Å². The number of unbranched alkanes of at least 4 members (excludes halogenated alkanes) is 2. The molecular formula is C35H44O5. The zero-order chi connectivity index (χ0) is 28.9. The summed E-state index contributed by atoms with van der Waals surface area (Å²) < 4.78 is 10.7. The van der Waals surface area contributed by atoms with Crippen LogP contribution in [-0.2, 0) is 25.5 Å². The first-order valence-electron chi connectivity index (χ1n) is 14.5. The van der Waals surface area contributed by atoms with Crippen molar-refractivity contribution < 1.29 is 24.2 Å². The molecule has 0 saturated carbocycles. The van der Waals surface area contributed by atoms with E-state index in [0.29, 0.717) is 11.5 Å². The topological polar surface area (TPSA) is 72.8 Å². The lowest BCUT2D eigenvalue weighted by atomic mass is 9.81. The third kappa shape index (κ3) is 9.63. The molecule has 214 valence electrons. The second-order valence-corrected chi connectivity index (χ2v) is 10.9.